The van der Waals surface area contributed by atoms with E-state index in [0.717, 1.165) is 5.84 Å². The number of morpholine rings is 1. The maximum atomic E-state index is 14.3. The first-order valence-corrected chi connectivity index (χ1v) is 15.0. The summed E-state index contributed by atoms with van der Waals surface area (Å²) in [6.45, 7) is 6.13. The summed E-state index contributed by atoms with van der Waals surface area (Å²) in [5.41, 5.74) is -0.994. The lowest BCUT2D eigenvalue weighted by atomic mass is 9.38. The van der Waals surface area contributed by atoms with Crippen molar-refractivity contribution in [2.24, 2.45) is 10.4 Å². The van der Waals surface area contributed by atoms with Crippen LogP contribution in [-0.4, -0.2) is 72.8 Å². The molecule has 2 heterocycles. The molecule has 2 aromatic carbocycles. The van der Waals surface area contributed by atoms with E-state index >= 15 is 0 Å². The zero-order valence-corrected chi connectivity index (χ0v) is 23.6. The molecule has 3 aliphatic carbocycles. The molecule has 4 fully saturated rings. The van der Waals surface area contributed by atoms with Gasteiger partial charge in [0.05, 0.1) is 28.7 Å². The Labute approximate surface area is 233 Å². The van der Waals surface area contributed by atoms with Gasteiger partial charge in [0.2, 0.25) is 15.9 Å². The number of amidine groups is 1. The van der Waals surface area contributed by atoms with Crippen LogP contribution < -0.4 is 5.32 Å². The van der Waals surface area contributed by atoms with Crippen molar-refractivity contribution in [2.75, 3.05) is 26.3 Å². The molecule has 1 atom stereocenters. The normalized spacial score (nSPS) is 29.3. The zero-order chi connectivity index (χ0) is 27.6. The number of ether oxygens (including phenoxy) is 1. The van der Waals surface area contributed by atoms with Crippen LogP contribution in [0.1, 0.15) is 38.7 Å². The number of benzene rings is 2. The Balaban J connectivity index is 1.24. The first kappa shape index (κ1) is 26.7. The molecule has 0 radical (unpaired) electrons. The summed E-state index contributed by atoms with van der Waals surface area (Å²) in [5, 5.41) is 3.43. The molecule has 1 amide bonds. The van der Waals surface area contributed by atoms with E-state index in [4.69, 9.17) is 21.3 Å². The van der Waals surface area contributed by atoms with Crippen LogP contribution in [0.15, 0.2) is 58.4 Å². The van der Waals surface area contributed by atoms with Crippen LogP contribution in [0.2, 0.25) is 5.02 Å². The second kappa shape index (κ2) is 9.26. The van der Waals surface area contributed by atoms with E-state index in [1.54, 1.807) is 36.4 Å². The quantitative estimate of drug-likeness (QED) is 0.546. The number of amides is 1. The van der Waals surface area contributed by atoms with Crippen molar-refractivity contribution in [3.05, 3.63) is 64.9 Å². The van der Waals surface area contributed by atoms with E-state index in [0.29, 0.717) is 51.1 Å². The van der Waals surface area contributed by atoms with Crippen LogP contribution in [-0.2, 0) is 26.1 Å². The molecule has 0 unspecified atom stereocenters. The van der Waals surface area contributed by atoms with Crippen molar-refractivity contribution >= 4 is 33.4 Å². The van der Waals surface area contributed by atoms with E-state index in [9.17, 15) is 17.6 Å². The number of hydrogen-bond donors (Lipinski definition) is 1. The highest BCUT2D eigenvalue weighted by molar-refractivity contribution is 7.89. The third-order valence-corrected chi connectivity index (χ3v) is 10.9. The van der Waals surface area contributed by atoms with Crippen LogP contribution in [0.25, 0.3) is 0 Å². The molecule has 2 aromatic rings. The number of carbonyl (C=O) groups excluding carboxylic acids is 1. The predicted octanol–water partition coefficient (Wildman–Crippen LogP) is 3.60. The van der Waals surface area contributed by atoms with Gasteiger partial charge in [-0.25, -0.2) is 12.8 Å². The minimum Gasteiger partial charge on any atom is -0.378 e. The Kier molecular flexibility index (Phi) is 6.33. The number of nitrogens with one attached hydrogen (secondary N) is 1. The lowest BCUT2D eigenvalue weighted by Crippen LogP contribution is -2.78. The summed E-state index contributed by atoms with van der Waals surface area (Å²) in [6, 6.07) is 12.3. The van der Waals surface area contributed by atoms with E-state index in [1.807, 2.05) is 18.7 Å². The Hall–Kier alpha value is -2.53. The summed E-state index contributed by atoms with van der Waals surface area (Å²) >= 11 is 5.88. The first-order valence-electron chi connectivity index (χ1n) is 13.2. The van der Waals surface area contributed by atoms with Crippen molar-refractivity contribution in [1.29, 1.82) is 0 Å². The van der Waals surface area contributed by atoms with Gasteiger partial charge in [0.1, 0.15) is 17.7 Å². The largest absolute Gasteiger partial charge is 0.378 e. The topological polar surface area (TPSA) is 91.3 Å². The van der Waals surface area contributed by atoms with Crippen molar-refractivity contribution in [1.82, 2.24) is 14.5 Å². The first-order chi connectivity index (χ1) is 18.5. The van der Waals surface area contributed by atoms with Gasteiger partial charge in [-0.05, 0) is 62.9 Å². The van der Waals surface area contributed by atoms with E-state index < -0.39 is 33.0 Å². The smallest absolute Gasteiger partial charge is 0.247 e. The van der Waals surface area contributed by atoms with Gasteiger partial charge in [0.15, 0.2) is 0 Å². The van der Waals surface area contributed by atoms with Gasteiger partial charge in [-0.3, -0.25) is 9.79 Å². The number of nitrogens with zero attached hydrogens (tertiary/aromatic N) is 3. The number of halogens is 2. The molecule has 5 aliphatic rings. The third kappa shape index (κ3) is 4.36. The lowest BCUT2D eigenvalue weighted by molar-refractivity contribution is -0.151. The maximum Gasteiger partial charge on any atom is 0.247 e. The lowest BCUT2D eigenvalue weighted by Gasteiger charge is -2.72. The molecular formula is C28H32ClFN4O4S. The molecule has 3 saturated carbocycles. The number of sulfonamides is 1. The highest BCUT2D eigenvalue weighted by Crippen LogP contribution is 2.71. The molecule has 1 saturated heterocycles. The number of hydrogen-bond acceptors (Lipinski definition) is 6. The predicted molar refractivity (Wildman–Crippen MR) is 145 cm³/mol. The fourth-order valence-electron chi connectivity index (χ4n) is 6.58. The standard InChI is InChI=1S/C28H32ClFN4O4S/c1-26(2)23(24(35)33-10-12-38-13-11-33)31-25(32-26)27-16-28(17-27,18-27)34(15-19-8-9-21(29)22(30)14-19)39(36,37)20-6-4-3-5-7-20/h3-9,14,23H,10-13,15-18H2,1-2H3,(H,31,32)/t23-,27?,28?/m0/s1. The average Bonchev–Trinajstić information content (AvgIpc) is 3.19. The Bertz CT molecular complexity index is 1420. The second-order valence-electron chi connectivity index (χ2n) is 11.7. The van der Waals surface area contributed by atoms with E-state index in [2.05, 4.69) is 5.32 Å². The van der Waals surface area contributed by atoms with E-state index in [-0.39, 0.29) is 27.8 Å². The van der Waals surface area contributed by atoms with Gasteiger partial charge in [0, 0.05) is 30.6 Å². The van der Waals surface area contributed by atoms with Crippen molar-refractivity contribution in [3.8, 4) is 0 Å². The van der Waals surface area contributed by atoms with Crippen LogP contribution in [0.3, 0.4) is 0 Å². The van der Waals surface area contributed by atoms with Gasteiger partial charge in [-0.2, -0.15) is 4.31 Å². The van der Waals surface area contributed by atoms with Gasteiger partial charge < -0.3 is 15.0 Å². The summed E-state index contributed by atoms with van der Waals surface area (Å²) in [5.74, 6) is 0.222. The second-order valence-corrected chi connectivity index (χ2v) is 14.0. The monoisotopic (exact) mass is 574 g/mol. The summed E-state index contributed by atoms with van der Waals surface area (Å²) in [7, 11) is -3.87. The van der Waals surface area contributed by atoms with Gasteiger partial charge in [0.25, 0.3) is 0 Å². The van der Waals surface area contributed by atoms with Crippen LogP contribution in [0.4, 0.5) is 4.39 Å². The minimum absolute atomic E-state index is 0.00482. The Morgan fingerprint density at radius 2 is 1.82 bits per heavy atom. The fraction of sp³-hybridized carbons (Fsp3) is 0.500. The molecule has 2 aliphatic heterocycles. The molecule has 7 rings (SSSR count). The molecule has 2 bridgehead atoms. The van der Waals surface area contributed by atoms with Crippen LogP contribution in [0, 0.1) is 11.2 Å². The molecular weight excluding hydrogens is 543 g/mol. The molecule has 0 aromatic heterocycles. The molecule has 1 N–H and O–H groups in total. The number of carbonyl (C=O) groups is 1. The zero-order valence-electron chi connectivity index (χ0n) is 22.0. The third-order valence-electron chi connectivity index (χ3n) is 8.63. The van der Waals surface area contributed by atoms with Gasteiger partial charge in [-0.15, -0.1) is 0 Å². The maximum absolute atomic E-state index is 14.3. The van der Waals surface area contributed by atoms with Gasteiger partial charge in [-0.1, -0.05) is 35.9 Å². The van der Waals surface area contributed by atoms with Crippen LogP contribution in [0.5, 0.6) is 0 Å². The molecule has 8 nitrogen and oxygen atoms in total. The Morgan fingerprint density at radius 1 is 1.15 bits per heavy atom. The van der Waals surface area contributed by atoms with Crippen molar-refractivity contribution < 1.29 is 22.3 Å². The molecule has 208 valence electrons. The highest BCUT2D eigenvalue weighted by atomic mass is 35.5. The molecule has 39 heavy (non-hydrogen) atoms. The number of aliphatic imine (C=N–C) groups is 1. The molecule has 11 heteroatoms. The van der Waals surface area contributed by atoms with Crippen molar-refractivity contribution in [2.45, 2.75) is 61.7 Å². The summed E-state index contributed by atoms with van der Waals surface area (Å²) < 4.78 is 49.0. The summed E-state index contributed by atoms with van der Waals surface area (Å²) in [4.78, 5) is 20.3. The van der Waals surface area contributed by atoms with Crippen LogP contribution >= 0.6 is 11.6 Å². The molecule has 0 spiro atoms. The van der Waals surface area contributed by atoms with Gasteiger partial charge >= 0.3 is 0 Å². The van der Waals surface area contributed by atoms with E-state index in [1.165, 1.54) is 16.4 Å². The van der Waals surface area contributed by atoms with Crippen molar-refractivity contribution in [3.63, 3.8) is 0 Å². The average molecular weight is 575 g/mol. The number of rotatable bonds is 7. The highest BCUT2D eigenvalue weighted by Gasteiger charge is 2.75. The SMILES string of the molecule is CC1(C)N=C(C23CC(N(Cc4ccc(Cl)c(F)c4)S(=O)(=O)c4ccccc4)(C2)C3)N[C@H]1C(=O)N1CCOCC1. The fourth-order valence-corrected chi connectivity index (χ4v) is 8.48. The summed E-state index contributed by atoms with van der Waals surface area (Å²) in [6.07, 6.45) is 1.76. The minimum atomic E-state index is -3.87. The Morgan fingerprint density at radius 3 is 2.46 bits per heavy atom.